The van der Waals surface area contributed by atoms with Gasteiger partial charge in [0.2, 0.25) is 0 Å². The molecule has 0 saturated heterocycles. The molecule has 1 aromatic rings. The largest absolute Gasteiger partial charge is 0.493 e. The zero-order valence-corrected chi connectivity index (χ0v) is 12.0. The zero-order valence-electron chi connectivity index (χ0n) is 12.0. The van der Waals surface area contributed by atoms with E-state index in [4.69, 9.17) is 19.5 Å². The van der Waals surface area contributed by atoms with Crippen LogP contribution in [0.15, 0.2) is 18.2 Å². The Hall–Kier alpha value is -2.22. The van der Waals surface area contributed by atoms with E-state index in [-0.39, 0.29) is 6.61 Å². The van der Waals surface area contributed by atoms with Gasteiger partial charge < -0.3 is 14.2 Å². The molecule has 0 aliphatic heterocycles. The molecular weight excluding hydrogens is 258 g/mol. The first kappa shape index (κ1) is 15.8. The minimum absolute atomic E-state index is 0.268. The molecule has 108 valence electrons. The van der Waals surface area contributed by atoms with E-state index in [1.165, 1.54) is 0 Å². The van der Waals surface area contributed by atoms with Crippen LogP contribution >= 0.6 is 0 Å². The summed E-state index contributed by atoms with van der Waals surface area (Å²) in [7, 11) is 1.56. The second kappa shape index (κ2) is 8.05. The summed E-state index contributed by atoms with van der Waals surface area (Å²) in [4.78, 5) is 11.6. The second-order valence-corrected chi connectivity index (χ2v) is 4.06. The predicted octanol–water partition coefficient (Wildman–Crippen LogP) is 2.34. The van der Waals surface area contributed by atoms with Gasteiger partial charge in [0.15, 0.2) is 11.5 Å². The van der Waals surface area contributed by atoms with Crippen LogP contribution in [0.1, 0.15) is 19.4 Å². The van der Waals surface area contributed by atoms with E-state index in [9.17, 15) is 4.79 Å². The van der Waals surface area contributed by atoms with E-state index in [0.717, 1.165) is 5.56 Å². The molecule has 0 amide bonds. The minimum Gasteiger partial charge on any atom is -0.493 e. The lowest BCUT2D eigenvalue weighted by molar-refractivity contribution is -0.145. The monoisotopic (exact) mass is 277 g/mol. The van der Waals surface area contributed by atoms with Gasteiger partial charge in [0.05, 0.1) is 26.4 Å². The van der Waals surface area contributed by atoms with E-state index < -0.39 is 11.9 Å². The highest BCUT2D eigenvalue weighted by atomic mass is 16.5. The van der Waals surface area contributed by atoms with Gasteiger partial charge in [-0.3, -0.25) is 4.79 Å². The molecule has 5 heteroatoms. The van der Waals surface area contributed by atoms with Crippen molar-refractivity contribution in [1.29, 1.82) is 5.26 Å². The second-order valence-electron chi connectivity index (χ2n) is 4.06. The standard InChI is InChI=1S/C15H19NO4/c1-4-19-14-9-11(6-7-13(14)18-3)8-12(10-16)15(17)20-5-2/h6-7,9,12H,4-5,8H2,1-3H3. The van der Waals surface area contributed by atoms with Crippen molar-refractivity contribution in [3.05, 3.63) is 23.8 Å². The van der Waals surface area contributed by atoms with Gasteiger partial charge in [0.25, 0.3) is 0 Å². The summed E-state index contributed by atoms with van der Waals surface area (Å²) in [5.74, 6) is -0.0742. The van der Waals surface area contributed by atoms with Gasteiger partial charge in [-0.05, 0) is 38.0 Å². The Morgan fingerprint density at radius 2 is 2.05 bits per heavy atom. The molecular formula is C15H19NO4. The van der Waals surface area contributed by atoms with E-state index in [2.05, 4.69) is 0 Å². The summed E-state index contributed by atoms with van der Waals surface area (Å²) < 4.78 is 15.5. The highest BCUT2D eigenvalue weighted by molar-refractivity contribution is 5.75. The van der Waals surface area contributed by atoms with E-state index in [1.54, 1.807) is 26.2 Å². The SMILES string of the molecule is CCOC(=O)C(C#N)Cc1ccc(OC)c(OCC)c1. The molecule has 5 nitrogen and oxygen atoms in total. The summed E-state index contributed by atoms with van der Waals surface area (Å²) >= 11 is 0. The summed E-state index contributed by atoms with van der Waals surface area (Å²) in [5.41, 5.74) is 0.828. The molecule has 0 spiro atoms. The van der Waals surface area contributed by atoms with Crippen LogP contribution in [-0.4, -0.2) is 26.3 Å². The fourth-order valence-electron chi connectivity index (χ4n) is 1.78. The van der Waals surface area contributed by atoms with Gasteiger partial charge in [-0.2, -0.15) is 5.26 Å². The third-order valence-electron chi connectivity index (χ3n) is 2.69. The predicted molar refractivity (Wildman–Crippen MR) is 73.6 cm³/mol. The molecule has 0 N–H and O–H groups in total. The average molecular weight is 277 g/mol. The number of carbonyl (C=O) groups is 1. The fourth-order valence-corrected chi connectivity index (χ4v) is 1.78. The minimum atomic E-state index is -0.808. The molecule has 0 aliphatic carbocycles. The van der Waals surface area contributed by atoms with Gasteiger partial charge in [0, 0.05) is 0 Å². The number of nitriles is 1. The fraction of sp³-hybridized carbons (Fsp3) is 0.467. The van der Waals surface area contributed by atoms with Crippen molar-refractivity contribution >= 4 is 5.97 Å². The van der Waals surface area contributed by atoms with Crippen LogP contribution in [0.2, 0.25) is 0 Å². The molecule has 1 unspecified atom stereocenters. The van der Waals surface area contributed by atoms with Crippen molar-refractivity contribution in [3.63, 3.8) is 0 Å². The van der Waals surface area contributed by atoms with Gasteiger partial charge in [0.1, 0.15) is 5.92 Å². The topological polar surface area (TPSA) is 68.6 Å². The quantitative estimate of drug-likeness (QED) is 0.715. The number of hydrogen-bond acceptors (Lipinski definition) is 5. The first-order chi connectivity index (χ1) is 9.65. The van der Waals surface area contributed by atoms with Gasteiger partial charge in [-0.25, -0.2) is 0 Å². The lowest BCUT2D eigenvalue weighted by Crippen LogP contribution is -2.18. The van der Waals surface area contributed by atoms with Gasteiger partial charge in [-0.15, -0.1) is 0 Å². The molecule has 0 aliphatic rings. The number of nitrogens with zero attached hydrogens (tertiary/aromatic N) is 1. The van der Waals surface area contributed by atoms with Crippen LogP contribution in [0, 0.1) is 17.2 Å². The molecule has 0 radical (unpaired) electrons. The number of ether oxygens (including phenoxy) is 3. The van der Waals surface area contributed by atoms with Crippen molar-refractivity contribution in [3.8, 4) is 17.6 Å². The Bertz CT molecular complexity index is 493. The van der Waals surface area contributed by atoms with Crippen LogP contribution < -0.4 is 9.47 Å². The molecule has 0 bridgehead atoms. The van der Waals surface area contributed by atoms with Gasteiger partial charge in [-0.1, -0.05) is 6.07 Å². The van der Waals surface area contributed by atoms with Crippen molar-refractivity contribution in [1.82, 2.24) is 0 Å². The number of carbonyl (C=O) groups excluding carboxylic acids is 1. The average Bonchev–Trinajstić information content (AvgIpc) is 2.45. The molecule has 0 saturated carbocycles. The highest BCUT2D eigenvalue weighted by Crippen LogP contribution is 2.29. The third-order valence-corrected chi connectivity index (χ3v) is 2.69. The third kappa shape index (κ3) is 4.16. The number of hydrogen-bond donors (Lipinski definition) is 0. The summed E-state index contributed by atoms with van der Waals surface area (Å²) in [6.45, 7) is 4.37. The first-order valence-electron chi connectivity index (χ1n) is 6.52. The Morgan fingerprint density at radius 1 is 1.30 bits per heavy atom. The Labute approximate surface area is 119 Å². The Morgan fingerprint density at radius 3 is 2.60 bits per heavy atom. The van der Waals surface area contributed by atoms with E-state index in [0.29, 0.717) is 24.5 Å². The van der Waals surface area contributed by atoms with Crippen LogP contribution in [0.5, 0.6) is 11.5 Å². The Kier molecular flexibility index (Phi) is 6.38. The lowest BCUT2D eigenvalue weighted by Gasteiger charge is -2.12. The van der Waals surface area contributed by atoms with Crippen LogP contribution in [0.3, 0.4) is 0 Å². The molecule has 1 rings (SSSR count). The molecule has 0 heterocycles. The summed E-state index contributed by atoms with van der Waals surface area (Å²) in [6.07, 6.45) is 0.291. The van der Waals surface area contributed by atoms with Gasteiger partial charge >= 0.3 is 5.97 Å². The first-order valence-corrected chi connectivity index (χ1v) is 6.52. The maximum Gasteiger partial charge on any atom is 0.323 e. The van der Waals surface area contributed by atoms with Crippen LogP contribution in [0.25, 0.3) is 0 Å². The van der Waals surface area contributed by atoms with Crippen molar-refractivity contribution in [2.45, 2.75) is 20.3 Å². The zero-order chi connectivity index (χ0) is 15.0. The highest BCUT2D eigenvalue weighted by Gasteiger charge is 2.20. The molecule has 0 fully saturated rings. The van der Waals surface area contributed by atoms with Crippen LogP contribution in [0.4, 0.5) is 0 Å². The summed E-state index contributed by atoms with van der Waals surface area (Å²) in [5, 5.41) is 9.05. The number of benzene rings is 1. The molecule has 20 heavy (non-hydrogen) atoms. The maximum atomic E-state index is 11.6. The smallest absolute Gasteiger partial charge is 0.323 e. The van der Waals surface area contributed by atoms with E-state index in [1.807, 2.05) is 19.1 Å². The van der Waals surface area contributed by atoms with Crippen molar-refractivity contribution < 1.29 is 19.0 Å². The lowest BCUT2D eigenvalue weighted by atomic mass is 10.0. The number of methoxy groups -OCH3 is 1. The van der Waals surface area contributed by atoms with E-state index >= 15 is 0 Å². The molecule has 0 aromatic heterocycles. The maximum absolute atomic E-state index is 11.6. The number of esters is 1. The number of rotatable bonds is 7. The normalized spacial score (nSPS) is 11.3. The molecule has 1 aromatic carbocycles. The van der Waals surface area contributed by atoms with Crippen LogP contribution in [-0.2, 0) is 16.0 Å². The summed E-state index contributed by atoms with van der Waals surface area (Å²) in [6, 6.07) is 7.33. The Balaban J connectivity index is 2.88. The molecule has 1 atom stereocenters. The van der Waals surface area contributed by atoms with Crippen molar-refractivity contribution in [2.75, 3.05) is 20.3 Å². The van der Waals surface area contributed by atoms with Crippen molar-refractivity contribution in [2.24, 2.45) is 5.92 Å².